The molecule has 15 heavy (non-hydrogen) atoms. The van der Waals surface area contributed by atoms with Crippen LogP contribution in [0, 0.1) is 0 Å². The van der Waals surface area contributed by atoms with Gasteiger partial charge in [0.05, 0.1) is 6.20 Å². The number of aliphatic hydroxyl groups excluding tert-OH is 1. The summed E-state index contributed by atoms with van der Waals surface area (Å²) in [6.07, 6.45) is 2.60. The lowest BCUT2D eigenvalue weighted by Crippen LogP contribution is -2.06. The van der Waals surface area contributed by atoms with E-state index in [0.29, 0.717) is 15.9 Å². The molecule has 0 spiro atoms. The van der Waals surface area contributed by atoms with E-state index in [1.165, 1.54) is 4.68 Å². The van der Waals surface area contributed by atoms with Crippen LogP contribution in [-0.4, -0.2) is 29.9 Å². The standard InChI is InChI=1S/C8H10BrN5O/c1-13-4-5(3-10-13)7(15)6-8(9)11-12-14(6)2/h3-4,7,15H,1-2H3. The topological polar surface area (TPSA) is 68.8 Å². The molecular weight excluding hydrogens is 262 g/mol. The van der Waals surface area contributed by atoms with E-state index >= 15 is 0 Å². The van der Waals surface area contributed by atoms with Gasteiger partial charge in [0, 0.05) is 25.9 Å². The van der Waals surface area contributed by atoms with Gasteiger partial charge >= 0.3 is 0 Å². The number of aromatic nitrogens is 5. The van der Waals surface area contributed by atoms with Gasteiger partial charge in [-0.05, 0) is 15.9 Å². The largest absolute Gasteiger partial charge is 0.382 e. The van der Waals surface area contributed by atoms with E-state index < -0.39 is 6.10 Å². The van der Waals surface area contributed by atoms with Crippen LogP contribution in [0.25, 0.3) is 0 Å². The van der Waals surface area contributed by atoms with Crippen LogP contribution in [0.1, 0.15) is 17.4 Å². The molecule has 0 amide bonds. The van der Waals surface area contributed by atoms with Crippen molar-refractivity contribution in [1.29, 1.82) is 0 Å². The van der Waals surface area contributed by atoms with Gasteiger partial charge < -0.3 is 5.11 Å². The number of aryl methyl sites for hydroxylation is 2. The molecule has 80 valence electrons. The van der Waals surface area contributed by atoms with Gasteiger partial charge in [-0.3, -0.25) is 4.68 Å². The Morgan fingerprint density at radius 3 is 2.67 bits per heavy atom. The monoisotopic (exact) mass is 271 g/mol. The van der Waals surface area contributed by atoms with E-state index in [2.05, 4.69) is 31.3 Å². The lowest BCUT2D eigenvalue weighted by Gasteiger charge is -2.07. The van der Waals surface area contributed by atoms with E-state index in [0.717, 1.165) is 0 Å². The smallest absolute Gasteiger partial charge is 0.154 e. The fraction of sp³-hybridized carbons (Fsp3) is 0.375. The first-order chi connectivity index (χ1) is 7.09. The molecule has 2 rings (SSSR count). The molecule has 1 unspecified atom stereocenters. The average Bonchev–Trinajstić information content (AvgIpc) is 2.73. The van der Waals surface area contributed by atoms with Crippen LogP contribution < -0.4 is 0 Å². The molecule has 2 aromatic rings. The Balaban J connectivity index is 2.40. The molecule has 0 aliphatic rings. The minimum Gasteiger partial charge on any atom is -0.382 e. The second-order valence-corrected chi connectivity index (χ2v) is 3.99. The summed E-state index contributed by atoms with van der Waals surface area (Å²) in [5.74, 6) is 0. The maximum Gasteiger partial charge on any atom is 0.154 e. The predicted molar refractivity (Wildman–Crippen MR) is 56.0 cm³/mol. The quantitative estimate of drug-likeness (QED) is 0.858. The number of halogens is 1. The second-order valence-electron chi connectivity index (χ2n) is 3.24. The Morgan fingerprint density at radius 2 is 2.20 bits per heavy atom. The van der Waals surface area contributed by atoms with Gasteiger partial charge in [0.2, 0.25) is 0 Å². The van der Waals surface area contributed by atoms with Gasteiger partial charge in [-0.1, -0.05) is 5.21 Å². The number of nitrogens with zero attached hydrogens (tertiary/aromatic N) is 5. The Bertz CT molecular complexity index is 458. The van der Waals surface area contributed by atoms with E-state index in [1.54, 1.807) is 31.2 Å². The first-order valence-electron chi connectivity index (χ1n) is 4.31. The van der Waals surface area contributed by atoms with Crippen molar-refractivity contribution in [2.75, 3.05) is 0 Å². The molecule has 0 aliphatic heterocycles. The van der Waals surface area contributed by atoms with Crippen molar-refractivity contribution in [1.82, 2.24) is 24.8 Å². The van der Waals surface area contributed by atoms with Crippen LogP contribution in [0.5, 0.6) is 0 Å². The van der Waals surface area contributed by atoms with E-state index in [1.807, 2.05) is 0 Å². The second kappa shape index (κ2) is 3.74. The molecular formula is C8H10BrN5O. The highest BCUT2D eigenvalue weighted by atomic mass is 79.9. The minimum atomic E-state index is -0.770. The molecule has 0 aromatic carbocycles. The Labute approximate surface area is 94.6 Å². The Kier molecular flexibility index (Phi) is 2.57. The van der Waals surface area contributed by atoms with Crippen molar-refractivity contribution in [3.8, 4) is 0 Å². The maximum atomic E-state index is 10.1. The third kappa shape index (κ3) is 1.80. The zero-order valence-electron chi connectivity index (χ0n) is 8.29. The lowest BCUT2D eigenvalue weighted by atomic mass is 10.1. The summed E-state index contributed by atoms with van der Waals surface area (Å²) in [4.78, 5) is 0. The summed E-state index contributed by atoms with van der Waals surface area (Å²) in [5.41, 5.74) is 1.33. The molecule has 0 saturated heterocycles. The number of hydrogen-bond acceptors (Lipinski definition) is 4. The highest BCUT2D eigenvalue weighted by Crippen LogP contribution is 2.25. The van der Waals surface area contributed by atoms with E-state index in [4.69, 9.17) is 0 Å². The van der Waals surface area contributed by atoms with Crippen molar-refractivity contribution >= 4 is 15.9 Å². The molecule has 0 saturated carbocycles. The fourth-order valence-corrected chi connectivity index (χ4v) is 1.91. The maximum absolute atomic E-state index is 10.1. The van der Waals surface area contributed by atoms with Crippen molar-refractivity contribution in [3.05, 3.63) is 28.3 Å². The highest BCUT2D eigenvalue weighted by Gasteiger charge is 2.20. The van der Waals surface area contributed by atoms with Crippen LogP contribution in [0.15, 0.2) is 17.0 Å². The average molecular weight is 272 g/mol. The summed E-state index contributed by atoms with van der Waals surface area (Å²) in [6.45, 7) is 0. The molecule has 7 heteroatoms. The normalized spacial score (nSPS) is 13.1. The summed E-state index contributed by atoms with van der Waals surface area (Å²) in [7, 11) is 3.53. The zero-order chi connectivity index (χ0) is 11.0. The van der Waals surface area contributed by atoms with E-state index in [9.17, 15) is 5.11 Å². The molecule has 0 bridgehead atoms. The Morgan fingerprint density at radius 1 is 1.47 bits per heavy atom. The van der Waals surface area contributed by atoms with Gasteiger partial charge in [-0.15, -0.1) is 5.10 Å². The third-order valence-corrected chi connectivity index (χ3v) is 2.69. The molecule has 0 aliphatic carbocycles. The molecule has 1 atom stereocenters. The van der Waals surface area contributed by atoms with Crippen molar-refractivity contribution < 1.29 is 5.11 Å². The highest BCUT2D eigenvalue weighted by molar-refractivity contribution is 9.10. The number of aliphatic hydroxyl groups is 1. The molecule has 0 radical (unpaired) electrons. The molecule has 0 fully saturated rings. The fourth-order valence-electron chi connectivity index (χ4n) is 1.37. The van der Waals surface area contributed by atoms with E-state index in [-0.39, 0.29) is 0 Å². The van der Waals surface area contributed by atoms with Crippen molar-refractivity contribution in [2.45, 2.75) is 6.10 Å². The van der Waals surface area contributed by atoms with Gasteiger partial charge in [-0.25, -0.2) is 4.68 Å². The summed E-state index contributed by atoms with van der Waals surface area (Å²) >= 11 is 3.24. The van der Waals surface area contributed by atoms with Crippen LogP contribution >= 0.6 is 15.9 Å². The molecule has 6 nitrogen and oxygen atoms in total. The first kappa shape index (κ1) is 10.3. The SMILES string of the molecule is Cn1cc(C(O)c2c(Br)nnn2C)cn1. The van der Waals surface area contributed by atoms with Crippen LogP contribution in [0.4, 0.5) is 0 Å². The van der Waals surface area contributed by atoms with Gasteiger partial charge in [-0.2, -0.15) is 5.10 Å². The molecule has 2 heterocycles. The van der Waals surface area contributed by atoms with Crippen molar-refractivity contribution in [2.24, 2.45) is 14.1 Å². The van der Waals surface area contributed by atoms with Gasteiger partial charge in [0.15, 0.2) is 4.60 Å². The lowest BCUT2D eigenvalue weighted by molar-refractivity contribution is 0.209. The Hall–Kier alpha value is -1.21. The van der Waals surface area contributed by atoms with Gasteiger partial charge in [0.1, 0.15) is 11.8 Å². The third-order valence-electron chi connectivity index (χ3n) is 2.13. The summed E-state index contributed by atoms with van der Waals surface area (Å²) in [6, 6.07) is 0. The molecule has 2 aromatic heterocycles. The van der Waals surface area contributed by atoms with Crippen molar-refractivity contribution in [3.63, 3.8) is 0 Å². The summed E-state index contributed by atoms with van der Waals surface area (Å²) in [5, 5.41) is 21.7. The summed E-state index contributed by atoms with van der Waals surface area (Å²) < 4.78 is 3.71. The molecule has 1 N–H and O–H groups in total. The van der Waals surface area contributed by atoms with Crippen LogP contribution in [0.2, 0.25) is 0 Å². The van der Waals surface area contributed by atoms with Crippen LogP contribution in [-0.2, 0) is 14.1 Å². The number of rotatable bonds is 2. The van der Waals surface area contributed by atoms with Crippen LogP contribution in [0.3, 0.4) is 0 Å². The predicted octanol–water partition coefficient (Wildman–Crippen LogP) is 0.393. The van der Waals surface area contributed by atoms with Gasteiger partial charge in [0.25, 0.3) is 0 Å². The first-order valence-corrected chi connectivity index (χ1v) is 5.10. The minimum absolute atomic E-state index is 0.543. The number of hydrogen-bond donors (Lipinski definition) is 1. The zero-order valence-corrected chi connectivity index (χ0v) is 9.88.